The first-order valence-electron chi connectivity index (χ1n) is 6.58. The molecule has 0 heterocycles. The Morgan fingerprint density at radius 2 is 1.91 bits per heavy atom. The summed E-state index contributed by atoms with van der Waals surface area (Å²) in [5.74, 6) is 3.19. The van der Waals surface area contributed by atoms with Crippen LogP contribution in [0.25, 0.3) is 0 Å². The van der Waals surface area contributed by atoms with Gasteiger partial charge in [0.1, 0.15) is 5.56 Å². The number of nitrogens with zero attached hydrogens (tertiary/aromatic N) is 2. The van der Waals surface area contributed by atoms with E-state index in [-0.39, 0.29) is 30.8 Å². The molecular formula is C16H14N2O5. The van der Waals surface area contributed by atoms with E-state index in [0.717, 1.165) is 6.07 Å². The molecule has 0 bridgehead atoms. The minimum atomic E-state index is -0.831. The Bertz CT molecular complexity index is 696. The molecule has 1 aromatic carbocycles. The number of nitro benzene ring substituents is 1. The van der Waals surface area contributed by atoms with Crippen molar-refractivity contribution in [3.05, 3.63) is 39.4 Å². The zero-order chi connectivity index (χ0) is 17.4. The lowest BCUT2D eigenvalue weighted by Crippen LogP contribution is -2.31. The van der Waals surface area contributed by atoms with E-state index < -0.39 is 22.5 Å². The van der Waals surface area contributed by atoms with Crippen molar-refractivity contribution in [3.63, 3.8) is 0 Å². The summed E-state index contributed by atoms with van der Waals surface area (Å²) in [6, 6.07) is 3.48. The molecule has 0 fully saturated rings. The van der Waals surface area contributed by atoms with Crippen molar-refractivity contribution in [3.8, 4) is 24.7 Å². The lowest BCUT2D eigenvalue weighted by atomic mass is 10.1. The first kappa shape index (κ1) is 17.7. The van der Waals surface area contributed by atoms with E-state index in [1.54, 1.807) is 6.92 Å². The molecule has 23 heavy (non-hydrogen) atoms. The van der Waals surface area contributed by atoms with Crippen LogP contribution in [0.2, 0.25) is 0 Å². The largest absolute Gasteiger partial charge is 0.462 e. The van der Waals surface area contributed by atoms with Gasteiger partial charge in [-0.1, -0.05) is 11.8 Å². The number of amides is 1. The Morgan fingerprint density at radius 3 is 2.39 bits per heavy atom. The Morgan fingerprint density at radius 1 is 1.30 bits per heavy atom. The van der Waals surface area contributed by atoms with Crippen LogP contribution >= 0.6 is 0 Å². The van der Waals surface area contributed by atoms with Gasteiger partial charge in [-0.05, 0) is 19.1 Å². The number of carbonyl (C=O) groups excluding carboxylic acids is 2. The van der Waals surface area contributed by atoms with E-state index in [2.05, 4.69) is 11.8 Å². The molecule has 0 saturated heterocycles. The first-order chi connectivity index (χ1) is 11.0. The molecule has 0 N–H and O–H groups in total. The Hall–Kier alpha value is -3.32. The van der Waals surface area contributed by atoms with Crippen molar-refractivity contribution in [2.45, 2.75) is 6.92 Å². The maximum atomic E-state index is 12.3. The lowest BCUT2D eigenvalue weighted by Gasteiger charge is -2.17. The number of benzene rings is 1. The number of carbonyl (C=O) groups is 2. The van der Waals surface area contributed by atoms with Crippen molar-refractivity contribution in [2.75, 3.05) is 19.7 Å². The molecule has 118 valence electrons. The van der Waals surface area contributed by atoms with Gasteiger partial charge in [0.2, 0.25) is 0 Å². The van der Waals surface area contributed by atoms with Gasteiger partial charge in [0.25, 0.3) is 11.6 Å². The minimum absolute atomic E-state index is 0.00949. The second kappa shape index (κ2) is 8.20. The number of hydrogen-bond donors (Lipinski definition) is 0. The van der Waals surface area contributed by atoms with Crippen LogP contribution in [-0.2, 0) is 4.74 Å². The predicted molar refractivity (Wildman–Crippen MR) is 82.6 cm³/mol. The molecule has 1 amide bonds. The molecule has 1 rings (SSSR count). The fraction of sp³-hybridized carbons (Fsp3) is 0.250. The molecule has 0 aliphatic heterocycles. The summed E-state index contributed by atoms with van der Waals surface area (Å²) in [4.78, 5) is 35.6. The molecule has 7 heteroatoms. The number of esters is 1. The van der Waals surface area contributed by atoms with E-state index in [1.165, 1.54) is 17.0 Å². The van der Waals surface area contributed by atoms with E-state index in [0.29, 0.717) is 0 Å². The molecule has 0 aliphatic carbocycles. The Balaban J connectivity index is 3.25. The third kappa shape index (κ3) is 4.32. The SMILES string of the molecule is C#CCN(CC#C)C(=O)c1ccc(C(=O)OCC)c([N+](=O)[O-])c1. The fourth-order valence-corrected chi connectivity index (χ4v) is 1.80. The molecule has 0 atom stereocenters. The zero-order valence-corrected chi connectivity index (χ0v) is 12.4. The summed E-state index contributed by atoms with van der Waals surface area (Å²) in [5.41, 5.74) is -0.736. The molecular weight excluding hydrogens is 300 g/mol. The van der Waals surface area contributed by atoms with Gasteiger partial charge in [0.15, 0.2) is 0 Å². The highest BCUT2D eigenvalue weighted by atomic mass is 16.6. The van der Waals surface area contributed by atoms with Crippen LogP contribution in [0.5, 0.6) is 0 Å². The molecule has 7 nitrogen and oxygen atoms in total. The first-order valence-corrected chi connectivity index (χ1v) is 6.58. The van der Waals surface area contributed by atoms with Gasteiger partial charge in [-0.15, -0.1) is 12.8 Å². The molecule has 0 spiro atoms. The molecule has 0 unspecified atom stereocenters. The second-order valence-corrected chi connectivity index (χ2v) is 4.28. The third-order valence-electron chi connectivity index (χ3n) is 2.79. The van der Waals surface area contributed by atoms with Gasteiger partial charge >= 0.3 is 5.97 Å². The normalized spacial score (nSPS) is 9.35. The van der Waals surface area contributed by atoms with E-state index >= 15 is 0 Å². The van der Waals surface area contributed by atoms with Crippen molar-refractivity contribution in [1.82, 2.24) is 4.90 Å². The molecule has 0 saturated carbocycles. The van der Waals surface area contributed by atoms with Gasteiger partial charge in [0.05, 0.1) is 24.6 Å². The third-order valence-corrected chi connectivity index (χ3v) is 2.79. The van der Waals surface area contributed by atoms with E-state index in [9.17, 15) is 19.7 Å². The van der Waals surface area contributed by atoms with Gasteiger partial charge in [-0.2, -0.15) is 0 Å². The van der Waals surface area contributed by atoms with Crippen LogP contribution < -0.4 is 0 Å². The number of terminal acetylenes is 2. The quantitative estimate of drug-likeness (QED) is 0.343. The number of nitro groups is 1. The number of ether oxygens (including phenoxy) is 1. The summed E-state index contributed by atoms with van der Waals surface area (Å²) in [7, 11) is 0. The summed E-state index contributed by atoms with van der Waals surface area (Å²) in [5, 5.41) is 11.1. The van der Waals surface area contributed by atoms with Crippen LogP contribution in [0.1, 0.15) is 27.6 Å². The summed E-state index contributed by atoms with van der Waals surface area (Å²) < 4.78 is 4.75. The Labute approximate surface area is 133 Å². The average molecular weight is 314 g/mol. The highest BCUT2D eigenvalue weighted by Gasteiger charge is 2.24. The van der Waals surface area contributed by atoms with Gasteiger partial charge in [0, 0.05) is 11.6 Å². The second-order valence-electron chi connectivity index (χ2n) is 4.28. The van der Waals surface area contributed by atoms with E-state index in [4.69, 9.17) is 17.6 Å². The summed E-state index contributed by atoms with van der Waals surface area (Å²) in [6.45, 7) is 1.60. The van der Waals surface area contributed by atoms with Gasteiger partial charge < -0.3 is 9.64 Å². The highest BCUT2D eigenvalue weighted by Crippen LogP contribution is 2.22. The molecule has 1 aromatic rings. The summed E-state index contributed by atoms with van der Waals surface area (Å²) in [6.07, 6.45) is 10.3. The monoisotopic (exact) mass is 314 g/mol. The van der Waals surface area contributed by atoms with Crippen LogP contribution in [0, 0.1) is 34.8 Å². The maximum Gasteiger partial charge on any atom is 0.345 e. The smallest absolute Gasteiger partial charge is 0.345 e. The van der Waals surface area contributed by atoms with Gasteiger partial charge in [-0.3, -0.25) is 14.9 Å². The Kier molecular flexibility index (Phi) is 6.32. The van der Waals surface area contributed by atoms with Crippen LogP contribution in [0.4, 0.5) is 5.69 Å². The molecule has 0 aromatic heterocycles. The lowest BCUT2D eigenvalue weighted by molar-refractivity contribution is -0.385. The minimum Gasteiger partial charge on any atom is -0.462 e. The maximum absolute atomic E-state index is 12.3. The zero-order valence-electron chi connectivity index (χ0n) is 12.4. The number of hydrogen-bond acceptors (Lipinski definition) is 5. The predicted octanol–water partition coefficient (Wildman–Crippen LogP) is 1.48. The number of rotatable bonds is 6. The van der Waals surface area contributed by atoms with Crippen molar-refractivity contribution in [1.29, 1.82) is 0 Å². The van der Waals surface area contributed by atoms with Crippen molar-refractivity contribution >= 4 is 17.6 Å². The standard InChI is InChI=1S/C16H14N2O5/c1-4-9-17(10-5-2)15(19)12-7-8-13(16(20)23-6-3)14(11-12)18(21)22/h1-2,7-8,11H,6,9-10H2,3H3. The topological polar surface area (TPSA) is 89.8 Å². The molecule has 0 radical (unpaired) electrons. The van der Waals surface area contributed by atoms with Crippen LogP contribution in [0.3, 0.4) is 0 Å². The summed E-state index contributed by atoms with van der Waals surface area (Å²) >= 11 is 0. The average Bonchev–Trinajstić information content (AvgIpc) is 2.53. The van der Waals surface area contributed by atoms with E-state index in [1.807, 2.05) is 0 Å². The van der Waals surface area contributed by atoms with Crippen molar-refractivity contribution in [2.24, 2.45) is 0 Å². The molecule has 0 aliphatic rings. The van der Waals surface area contributed by atoms with Crippen LogP contribution in [0.15, 0.2) is 18.2 Å². The van der Waals surface area contributed by atoms with Gasteiger partial charge in [-0.25, -0.2) is 4.79 Å². The van der Waals surface area contributed by atoms with Crippen molar-refractivity contribution < 1.29 is 19.2 Å². The highest BCUT2D eigenvalue weighted by molar-refractivity contribution is 5.99. The fourth-order valence-electron chi connectivity index (χ4n) is 1.80. The van der Waals surface area contributed by atoms with Crippen LogP contribution in [-0.4, -0.2) is 41.4 Å².